The van der Waals surface area contributed by atoms with Gasteiger partial charge in [-0.25, -0.2) is 0 Å². The number of para-hydroxylation sites is 1. The maximum atomic E-state index is 12.2. The van der Waals surface area contributed by atoms with Crippen LogP contribution in [0.25, 0.3) is 5.69 Å². The van der Waals surface area contributed by atoms with Crippen LogP contribution in [-0.4, -0.2) is 33.5 Å². The van der Waals surface area contributed by atoms with Crippen LogP contribution in [0.1, 0.15) is 12.2 Å². The van der Waals surface area contributed by atoms with Crippen LogP contribution in [-0.2, 0) is 16.1 Å². The molecule has 0 atom stereocenters. The Labute approximate surface area is 177 Å². The van der Waals surface area contributed by atoms with E-state index in [0.29, 0.717) is 39.1 Å². The van der Waals surface area contributed by atoms with E-state index >= 15 is 0 Å². The Balaban J connectivity index is 1.65. The van der Waals surface area contributed by atoms with Crippen LogP contribution in [0.4, 0.5) is 5.69 Å². The van der Waals surface area contributed by atoms with Gasteiger partial charge in [0.25, 0.3) is 0 Å². The summed E-state index contributed by atoms with van der Waals surface area (Å²) in [6, 6.07) is 14.7. The number of carbonyl (C=O) groups excluding carboxylic acids is 1. The van der Waals surface area contributed by atoms with Gasteiger partial charge in [0.15, 0.2) is 11.0 Å². The van der Waals surface area contributed by atoms with Gasteiger partial charge in [-0.15, -0.1) is 10.2 Å². The summed E-state index contributed by atoms with van der Waals surface area (Å²) in [7, 11) is 1.61. The molecule has 0 radical (unpaired) electrons. The van der Waals surface area contributed by atoms with Gasteiger partial charge in [0.1, 0.15) is 6.61 Å². The molecule has 1 aromatic heterocycles. The SMILES string of the molecule is COCc1nnc(SCCC(=O)Nc2cc(Cl)ccc2Cl)n1-c1ccccc1. The van der Waals surface area contributed by atoms with Gasteiger partial charge < -0.3 is 10.1 Å². The normalized spacial score (nSPS) is 10.8. The van der Waals surface area contributed by atoms with E-state index < -0.39 is 0 Å². The van der Waals surface area contributed by atoms with E-state index in [2.05, 4.69) is 15.5 Å². The molecular formula is C19H18Cl2N4O2S. The van der Waals surface area contributed by atoms with E-state index in [0.717, 1.165) is 5.69 Å². The lowest BCUT2D eigenvalue weighted by Gasteiger charge is -2.10. The van der Waals surface area contributed by atoms with Crippen LogP contribution in [0.3, 0.4) is 0 Å². The number of anilines is 1. The molecule has 2 aromatic carbocycles. The highest BCUT2D eigenvalue weighted by Gasteiger charge is 2.15. The summed E-state index contributed by atoms with van der Waals surface area (Å²) in [5.41, 5.74) is 1.44. The maximum Gasteiger partial charge on any atom is 0.225 e. The number of aromatic nitrogens is 3. The van der Waals surface area contributed by atoms with Crippen LogP contribution >= 0.6 is 35.0 Å². The molecule has 0 aliphatic heterocycles. The number of halogens is 2. The number of nitrogens with zero attached hydrogens (tertiary/aromatic N) is 3. The van der Waals surface area contributed by atoms with E-state index in [9.17, 15) is 4.79 Å². The second-order valence-corrected chi connectivity index (χ2v) is 7.68. The van der Waals surface area contributed by atoms with Crippen molar-refractivity contribution >= 4 is 46.6 Å². The quantitative estimate of drug-likeness (QED) is 0.511. The average molecular weight is 437 g/mol. The van der Waals surface area contributed by atoms with Crippen molar-refractivity contribution in [1.82, 2.24) is 14.8 Å². The van der Waals surface area contributed by atoms with Gasteiger partial charge in [-0.3, -0.25) is 9.36 Å². The maximum absolute atomic E-state index is 12.2. The Morgan fingerprint density at radius 2 is 1.96 bits per heavy atom. The van der Waals surface area contributed by atoms with Gasteiger partial charge in [-0.05, 0) is 30.3 Å². The molecule has 1 amide bonds. The van der Waals surface area contributed by atoms with Crippen molar-refractivity contribution in [2.75, 3.05) is 18.2 Å². The zero-order valence-electron chi connectivity index (χ0n) is 15.1. The number of thioether (sulfide) groups is 1. The average Bonchev–Trinajstić information content (AvgIpc) is 3.08. The highest BCUT2D eigenvalue weighted by molar-refractivity contribution is 7.99. The Hall–Kier alpha value is -2.06. The molecule has 146 valence electrons. The zero-order chi connectivity index (χ0) is 19.9. The molecule has 3 aromatic rings. The number of benzene rings is 2. The van der Waals surface area contributed by atoms with Crippen molar-refractivity contribution in [2.45, 2.75) is 18.2 Å². The van der Waals surface area contributed by atoms with Crippen molar-refractivity contribution in [3.05, 3.63) is 64.4 Å². The Morgan fingerprint density at radius 3 is 2.71 bits per heavy atom. The predicted molar refractivity (Wildman–Crippen MR) is 113 cm³/mol. The van der Waals surface area contributed by atoms with Crippen molar-refractivity contribution < 1.29 is 9.53 Å². The first-order valence-corrected chi connectivity index (χ1v) is 10.2. The third kappa shape index (κ3) is 5.26. The fourth-order valence-electron chi connectivity index (χ4n) is 2.49. The third-order valence-electron chi connectivity index (χ3n) is 3.75. The second kappa shape index (κ2) is 9.93. The van der Waals surface area contributed by atoms with Crippen LogP contribution < -0.4 is 5.32 Å². The van der Waals surface area contributed by atoms with E-state index in [4.69, 9.17) is 27.9 Å². The summed E-state index contributed by atoms with van der Waals surface area (Å²) in [4.78, 5) is 12.2. The molecule has 1 heterocycles. The highest BCUT2D eigenvalue weighted by atomic mass is 35.5. The van der Waals surface area contributed by atoms with E-state index in [1.54, 1.807) is 25.3 Å². The number of rotatable bonds is 8. The van der Waals surface area contributed by atoms with Crippen molar-refractivity contribution in [3.63, 3.8) is 0 Å². The fraction of sp³-hybridized carbons (Fsp3) is 0.211. The minimum Gasteiger partial charge on any atom is -0.377 e. The summed E-state index contributed by atoms with van der Waals surface area (Å²) in [6.07, 6.45) is 0.286. The third-order valence-corrected chi connectivity index (χ3v) is 5.25. The zero-order valence-corrected chi connectivity index (χ0v) is 17.4. The minimum atomic E-state index is -0.153. The van der Waals surface area contributed by atoms with Gasteiger partial charge in [0, 0.05) is 30.0 Å². The molecule has 3 rings (SSSR count). The summed E-state index contributed by atoms with van der Waals surface area (Å²) in [5, 5.41) is 12.9. The Bertz CT molecular complexity index is 950. The lowest BCUT2D eigenvalue weighted by molar-refractivity contribution is -0.115. The fourth-order valence-corrected chi connectivity index (χ4v) is 3.74. The molecule has 0 saturated carbocycles. The lowest BCUT2D eigenvalue weighted by Crippen LogP contribution is -2.12. The first-order chi connectivity index (χ1) is 13.6. The second-order valence-electron chi connectivity index (χ2n) is 5.77. The van der Waals surface area contributed by atoms with E-state index in [1.807, 2.05) is 34.9 Å². The van der Waals surface area contributed by atoms with Crippen molar-refractivity contribution in [2.24, 2.45) is 0 Å². The van der Waals surface area contributed by atoms with Crippen LogP contribution in [0.15, 0.2) is 53.7 Å². The van der Waals surface area contributed by atoms with Gasteiger partial charge >= 0.3 is 0 Å². The largest absolute Gasteiger partial charge is 0.377 e. The standard InChI is InChI=1S/C19H18Cl2N4O2S/c1-27-12-17-23-24-19(25(17)14-5-3-2-4-6-14)28-10-9-18(26)22-16-11-13(20)7-8-15(16)21/h2-8,11H,9-10,12H2,1H3,(H,22,26). The number of carbonyl (C=O) groups is 1. The van der Waals surface area contributed by atoms with Gasteiger partial charge in [-0.2, -0.15) is 0 Å². The number of nitrogens with one attached hydrogen (secondary N) is 1. The predicted octanol–water partition coefficient (Wildman–Crippen LogP) is 4.84. The highest BCUT2D eigenvalue weighted by Crippen LogP contribution is 2.26. The lowest BCUT2D eigenvalue weighted by atomic mass is 10.3. The summed E-state index contributed by atoms with van der Waals surface area (Å²) in [5.74, 6) is 1.08. The Morgan fingerprint density at radius 1 is 1.18 bits per heavy atom. The summed E-state index contributed by atoms with van der Waals surface area (Å²) < 4.78 is 7.14. The topological polar surface area (TPSA) is 69.0 Å². The molecule has 0 aliphatic rings. The van der Waals surface area contributed by atoms with E-state index in [1.165, 1.54) is 11.8 Å². The van der Waals surface area contributed by atoms with Gasteiger partial charge in [0.05, 0.1) is 10.7 Å². The van der Waals surface area contributed by atoms with Crippen molar-refractivity contribution in [3.8, 4) is 5.69 Å². The number of methoxy groups -OCH3 is 1. The van der Waals surface area contributed by atoms with Gasteiger partial charge in [-0.1, -0.05) is 53.2 Å². The molecule has 28 heavy (non-hydrogen) atoms. The summed E-state index contributed by atoms with van der Waals surface area (Å²) >= 11 is 13.5. The van der Waals surface area contributed by atoms with E-state index in [-0.39, 0.29) is 12.3 Å². The molecule has 6 nitrogen and oxygen atoms in total. The summed E-state index contributed by atoms with van der Waals surface area (Å²) in [6.45, 7) is 0.343. The number of hydrogen-bond acceptors (Lipinski definition) is 5. The molecular weight excluding hydrogens is 419 g/mol. The number of hydrogen-bond donors (Lipinski definition) is 1. The van der Waals surface area contributed by atoms with Crippen LogP contribution in [0.5, 0.6) is 0 Å². The molecule has 0 spiro atoms. The molecule has 0 unspecified atom stereocenters. The first-order valence-electron chi connectivity index (χ1n) is 8.45. The Kier molecular flexibility index (Phi) is 7.33. The minimum absolute atomic E-state index is 0.153. The smallest absolute Gasteiger partial charge is 0.225 e. The molecule has 0 bridgehead atoms. The first kappa shape index (κ1) is 20.7. The molecule has 0 aliphatic carbocycles. The van der Waals surface area contributed by atoms with Crippen molar-refractivity contribution in [1.29, 1.82) is 0 Å². The molecule has 9 heteroatoms. The molecule has 0 fully saturated rings. The molecule has 1 N–H and O–H groups in total. The number of amides is 1. The van der Waals surface area contributed by atoms with Gasteiger partial charge in [0.2, 0.25) is 5.91 Å². The van der Waals surface area contributed by atoms with Crippen LogP contribution in [0, 0.1) is 0 Å². The monoisotopic (exact) mass is 436 g/mol. The number of ether oxygens (including phenoxy) is 1. The van der Waals surface area contributed by atoms with Crippen LogP contribution in [0.2, 0.25) is 10.0 Å². The molecule has 0 saturated heterocycles.